The van der Waals surface area contributed by atoms with E-state index in [4.69, 9.17) is 0 Å². The van der Waals surface area contributed by atoms with E-state index in [0.29, 0.717) is 5.39 Å². The molecular formula is C31H25F5O. The molecule has 0 fully saturated rings. The maximum atomic E-state index is 15.1. The van der Waals surface area contributed by atoms with Crippen LogP contribution in [0.15, 0.2) is 72.8 Å². The van der Waals surface area contributed by atoms with Crippen LogP contribution in [0.4, 0.5) is 22.0 Å². The molecule has 0 aliphatic carbocycles. The Morgan fingerprint density at radius 3 is 2.08 bits per heavy atom. The Hall–Kier alpha value is -3.85. The monoisotopic (exact) mass is 508 g/mol. The van der Waals surface area contributed by atoms with Crippen LogP contribution in [0.25, 0.3) is 10.8 Å². The van der Waals surface area contributed by atoms with E-state index in [1.165, 1.54) is 17.2 Å². The predicted molar refractivity (Wildman–Crippen MR) is 136 cm³/mol. The molecule has 4 rings (SSSR count). The lowest BCUT2D eigenvalue weighted by atomic mass is 9.98. The first-order valence-corrected chi connectivity index (χ1v) is 12.0. The lowest BCUT2D eigenvalue weighted by Gasteiger charge is -2.09. The highest BCUT2D eigenvalue weighted by molar-refractivity contribution is 5.85. The second kappa shape index (κ2) is 11.5. The summed E-state index contributed by atoms with van der Waals surface area (Å²) in [6, 6.07) is 21.0. The topological polar surface area (TPSA) is 9.23 Å². The number of hydrogen-bond donors (Lipinski definition) is 0. The lowest BCUT2D eigenvalue weighted by molar-refractivity contribution is -0.153. The molecule has 0 amide bonds. The van der Waals surface area contributed by atoms with E-state index in [-0.39, 0.29) is 11.1 Å². The van der Waals surface area contributed by atoms with E-state index in [9.17, 15) is 17.6 Å². The zero-order valence-electron chi connectivity index (χ0n) is 20.3. The fourth-order valence-electron chi connectivity index (χ4n) is 4.04. The van der Waals surface area contributed by atoms with Crippen molar-refractivity contribution in [3.05, 3.63) is 112 Å². The summed E-state index contributed by atoms with van der Waals surface area (Å²) in [6.45, 7) is 0.570. The summed E-state index contributed by atoms with van der Waals surface area (Å²) in [5.41, 5.74) is 4.03. The highest BCUT2D eigenvalue weighted by Crippen LogP contribution is 2.24. The number of alkyl halides is 3. The van der Waals surface area contributed by atoms with Gasteiger partial charge in [-0.15, -0.1) is 0 Å². The minimum absolute atomic E-state index is 0.144. The highest BCUT2D eigenvalue weighted by atomic mass is 19.4. The van der Waals surface area contributed by atoms with Crippen LogP contribution in [0.3, 0.4) is 0 Å². The van der Waals surface area contributed by atoms with Crippen molar-refractivity contribution < 1.29 is 26.7 Å². The second-order valence-electron chi connectivity index (χ2n) is 8.85. The number of hydrogen-bond acceptors (Lipinski definition) is 1. The van der Waals surface area contributed by atoms with Gasteiger partial charge < -0.3 is 4.74 Å². The summed E-state index contributed by atoms with van der Waals surface area (Å²) >= 11 is 0. The molecule has 4 aromatic carbocycles. The van der Waals surface area contributed by atoms with Crippen molar-refractivity contribution in [2.45, 2.75) is 38.8 Å². The van der Waals surface area contributed by atoms with Gasteiger partial charge in [0.15, 0.2) is 18.2 Å². The van der Waals surface area contributed by atoms with E-state index >= 15 is 4.39 Å². The second-order valence-corrected chi connectivity index (χ2v) is 8.85. The Kier molecular flexibility index (Phi) is 8.13. The molecule has 0 heterocycles. The number of aryl methyl sites for hydroxylation is 3. The molecule has 0 aromatic heterocycles. The van der Waals surface area contributed by atoms with E-state index < -0.39 is 30.2 Å². The molecule has 0 aliphatic heterocycles. The smallest absolute Gasteiger partial charge is 0.422 e. The van der Waals surface area contributed by atoms with Crippen molar-refractivity contribution >= 4 is 10.8 Å². The van der Waals surface area contributed by atoms with Gasteiger partial charge in [-0.05, 0) is 65.6 Å². The highest BCUT2D eigenvalue weighted by Gasteiger charge is 2.28. The van der Waals surface area contributed by atoms with Crippen molar-refractivity contribution in [2.24, 2.45) is 0 Å². The molecule has 0 spiro atoms. The third-order valence-electron chi connectivity index (χ3n) is 5.95. The van der Waals surface area contributed by atoms with Gasteiger partial charge in [-0.25, -0.2) is 8.78 Å². The lowest BCUT2D eigenvalue weighted by Crippen LogP contribution is -2.19. The summed E-state index contributed by atoms with van der Waals surface area (Å²) < 4.78 is 70.4. The molecular weight excluding hydrogens is 483 g/mol. The van der Waals surface area contributed by atoms with Crippen LogP contribution in [-0.4, -0.2) is 12.8 Å². The van der Waals surface area contributed by atoms with Gasteiger partial charge in [0.1, 0.15) is 5.82 Å². The van der Waals surface area contributed by atoms with Crippen LogP contribution in [0, 0.1) is 23.5 Å². The average molecular weight is 509 g/mol. The van der Waals surface area contributed by atoms with E-state index in [0.717, 1.165) is 48.8 Å². The molecule has 1 nitrogen and oxygen atoms in total. The Morgan fingerprint density at radius 2 is 1.41 bits per heavy atom. The van der Waals surface area contributed by atoms with Gasteiger partial charge in [0, 0.05) is 10.9 Å². The van der Waals surface area contributed by atoms with Gasteiger partial charge in [0.05, 0.1) is 5.56 Å². The third-order valence-corrected chi connectivity index (χ3v) is 5.95. The number of benzene rings is 4. The normalized spacial score (nSPS) is 11.3. The van der Waals surface area contributed by atoms with Gasteiger partial charge in [0.25, 0.3) is 0 Å². The van der Waals surface area contributed by atoms with Crippen LogP contribution in [0.1, 0.15) is 41.2 Å². The first kappa shape index (κ1) is 26.2. The zero-order valence-corrected chi connectivity index (χ0v) is 20.3. The number of fused-ring (bicyclic) bond motifs is 1. The van der Waals surface area contributed by atoms with Crippen molar-refractivity contribution in [3.63, 3.8) is 0 Å². The summed E-state index contributed by atoms with van der Waals surface area (Å²) in [5, 5.41) is 1.19. The summed E-state index contributed by atoms with van der Waals surface area (Å²) in [4.78, 5) is 0. The largest absolute Gasteiger partial charge is 0.481 e. The first-order chi connectivity index (χ1) is 17.7. The molecule has 190 valence electrons. The number of rotatable bonds is 7. The maximum Gasteiger partial charge on any atom is 0.422 e. The molecule has 4 aromatic rings. The molecule has 37 heavy (non-hydrogen) atoms. The molecule has 0 atom stereocenters. The molecule has 0 radical (unpaired) electrons. The molecule has 6 heteroatoms. The SMILES string of the molecule is CCCc1ccc(CCc2ccc3c(F)c(C#Cc4ccc(OCC(F)(F)F)c(F)c4)ccc3c2)cc1. The molecule has 0 N–H and O–H groups in total. The average Bonchev–Trinajstić information content (AvgIpc) is 2.87. The van der Waals surface area contributed by atoms with Crippen LogP contribution >= 0.6 is 0 Å². The van der Waals surface area contributed by atoms with Gasteiger partial charge in [-0.2, -0.15) is 13.2 Å². The van der Waals surface area contributed by atoms with Crippen LogP contribution in [0.5, 0.6) is 5.75 Å². The Morgan fingerprint density at radius 1 is 0.730 bits per heavy atom. The molecule has 0 saturated heterocycles. The van der Waals surface area contributed by atoms with Gasteiger partial charge in [-0.1, -0.05) is 73.7 Å². The summed E-state index contributed by atoms with van der Waals surface area (Å²) in [6.07, 6.45) is -0.650. The van der Waals surface area contributed by atoms with Gasteiger partial charge >= 0.3 is 6.18 Å². The molecule has 0 aliphatic rings. The fourth-order valence-corrected chi connectivity index (χ4v) is 4.04. The first-order valence-electron chi connectivity index (χ1n) is 12.0. The zero-order chi connectivity index (χ0) is 26.4. The molecule has 0 bridgehead atoms. The van der Waals surface area contributed by atoms with E-state index in [1.807, 2.05) is 12.1 Å². The Bertz CT molecular complexity index is 1440. The molecule has 0 saturated carbocycles. The van der Waals surface area contributed by atoms with Crippen LogP contribution in [0.2, 0.25) is 0 Å². The Labute approximate surface area is 212 Å². The van der Waals surface area contributed by atoms with Gasteiger partial charge in [0.2, 0.25) is 0 Å². The Balaban J connectivity index is 1.45. The third kappa shape index (κ3) is 7.10. The van der Waals surface area contributed by atoms with Crippen LogP contribution in [-0.2, 0) is 19.3 Å². The van der Waals surface area contributed by atoms with E-state index in [2.05, 4.69) is 47.8 Å². The fraction of sp³-hybridized carbons (Fsp3) is 0.226. The van der Waals surface area contributed by atoms with Crippen molar-refractivity contribution in [1.29, 1.82) is 0 Å². The maximum absolute atomic E-state index is 15.1. The summed E-state index contributed by atoms with van der Waals surface area (Å²) in [7, 11) is 0. The van der Waals surface area contributed by atoms with Crippen molar-refractivity contribution in [2.75, 3.05) is 6.61 Å². The van der Waals surface area contributed by atoms with Crippen molar-refractivity contribution in [1.82, 2.24) is 0 Å². The predicted octanol–water partition coefficient (Wildman–Crippen LogP) is 8.20. The quantitative estimate of drug-likeness (QED) is 0.181. The van der Waals surface area contributed by atoms with E-state index in [1.54, 1.807) is 18.2 Å². The van der Waals surface area contributed by atoms with Crippen molar-refractivity contribution in [3.8, 4) is 17.6 Å². The summed E-state index contributed by atoms with van der Waals surface area (Å²) in [5.74, 6) is 3.37. The minimum atomic E-state index is -4.57. The standard InChI is InChI=1S/C31H25F5O/c1-2-3-21-4-6-22(7-5-21)8-9-23-11-16-27-26(18-23)15-14-25(30(27)33)13-10-24-12-17-29(28(32)19-24)37-20-31(34,35)36/h4-7,11-12,14-19H,2-3,8-9,20H2,1H3. The van der Waals surface area contributed by atoms with Gasteiger partial charge in [-0.3, -0.25) is 0 Å². The molecule has 0 unspecified atom stereocenters. The minimum Gasteiger partial charge on any atom is -0.481 e. The number of halogens is 5. The van der Waals surface area contributed by atoms with Crippen LogP contribution < -0.4 is 4.74 Å². The number of ether oxygens (including phenoxy) is 1.